The third kappa shape index (κ3) is 3.56. The summed E-state index contributed by atoms with van der Waals surface area (Å²) in [7, 11) is 1.56. The van der Waals surface area contributed by atoms with E-state index in [0.29, 0.717) is 22.6 Å². The Bertz CT molecular complexity index is 1260. The van der Waals surface area contributed by atoms with Crippen LogP contribution in [0.25, 0.3) is 5.76 Å². The maximum Gasteiger partial charge on any atom is 0.300 e. The van der Waals surface area contributed by atoms with Crippen molar-refractivity contribution in [2.24, 2.45) is 0 Å². The van der Waals surface area contributed by atoms with Crippen molar-refractivity contribution in [2.45, 2.75) is 26.8 Å². The van der Waals surface area contributed by atoms with Crippen LogP contribution >= 0.6 is 0 Å². The van der Waals surface area contributed by atoms with Gasteiger partial charge >= 0.3 is 0 Å². The van der Waals surface area contributed by atoms with E-state index in [2.05, 4.69) is 0 Å². The van der Waals surface area contributed by atoms with Gasteiger partial charge in [-0.05, 0) is 61.7 Å². The lowest BCUT2D eigenvalue weighted by Crippen LogP contribution is -2.30. The molecule has 1 amide bonds. The van der Waals surface area contributed by atoms with Gasteiger partial charge in [0.15, 0.2) is 0 Å². The molecule has 0 radical (unpaired) electrons. The van der Waals surface area contributed by atoms with Crippen LogP contribution in [0, 0.1) is 20.8 Å². The summed E-state index contributed by atoms with van der Waals surface area (Å²) in [5.74, 6) is -0.948. The van der Waals surface area contributed by atoms with Crippen LogP contribution in [0.1, 0.15) is 33.9 Å². The molecule has 162 valence electrons. The Morgan fingerprint density at radius 2 is 1.66 bits per heavy atom. The highest BCUT2D eigenvalue weighted by Crippen LogP contribution is 2.44. The summed E-state index contributed by atoms with van der Waals surface area (Å²) in [6.45, 7) is 5.68. The van der Waals surface area contributed by atoms with E-state index in [-0.39, 0.29) is 11.3 Å². The number of Topliss-reactive ketones (excluding diaryl/α,β-unsaturated/α-hetero) is 1. The van der Waals surface area contributed by atoms with Crippen LogP contribution in [0.2, 0.25) is 0 Å². The van der Waals surface area contributed by atoms with Gasteiger partial charge in [0, 0.05) is 11.3 Å². The number of carbonyl (C=O) groups excluding carboxylic acids is 2. The summed E-state index contributed by atoms with van der Waals surface area (Å²) in [4.78, 5) is 28.1. The number of aliphatic hydroxyl groups is 1. The topological polar surface area (TPSA) is 66.8 Å². The number of aryl methyl sites for hydroxylation is 3. The van der Waals surface area contributed by atoms with E-state index in [1.54, 1.807) is 19.2 Å². The largest absolute Gasteiger partial charge is 0.507 e. The average molecular weight is 428 g/mol. The summed E-state index contributed by atoms with van der Waals surface area (Å²) in [6.07, 6.45) is 0. The standard InChI is InChI=1S/C27H25NO4/c1-16-12-13-17(2)21(14-16)25(29)23-24(19-9-7-10-20(15-19)32-4)28(27(31)26(23)30)22-11-6-5-8-18(22)3/h5-15,24,29H,1-4H3/b25-23+. The van der Waals surface area contributed by atoms with Crippen LogP contribution in [0.15, 0.2) is 72.3 Å². The quantitative estimate of drug-likeness (QED) is 0.351. The molecule has 5 nitrogen and oxygen atoms in total. The number of amides is 1. The van der Waals surface area contributed by atoms with Gasteiger partial charge in [0.05, 0.1) is 18.7 Å². The van der Waals surface area contributed by atoms with Crippen molar-refractivity contribution in [1.29, 1.82) is 0 Å². The zero-order chi connectivity index (χ0) is 23.0. The van der Waals surface area contributed by atoms with Gasteiger partial charge in [0.1, 0.15) is 11.5 Å². The van der Waals surface area contributed by atoms with E-state index in [9.17, 15) is 14.7 Å². The van der Waals surface area contributed by atoms with Crippen LogP contribution < -0.4 is 9.64 Å². The minimum absolute atomic E-state index is 0.0696. The minimum Gasteiger partial charge on any atom is -0.507 e. The Hall–Kier alpha value is -3.86. The van der Waals surface area contributed by atoms with Gasteiger partial charge in [0.2, 0.25) is 0 Å². The second-order valence-electron chi connectivity index (χ2n) is 8.05. The first-order valence-electron chi connectivity index (χ1n) is 10.4. The number of hydrogen-bond donors (Lipinski definition) is 1. The molecule has 0 spiro atoms. The van der Waals surface area contributed by atoms with Crippen molar-refractivity contribution in [3.63, 3.8) is 0 Å². The fraction of sp³-hybridized carbons (Fsp3) is 0.185. The summed E-state index contributed by atoms with van der Waals surface area (Å²) >= 11 is 0. The SMILES string of the molecule is COc1cccc(C2/C(=C(\O)c3cc(C)ccc3C)C(=O)C(=O)N2c2ccccc2C)c1. The molecule has 0 bridgehead atoms. The van der Waals surface area contributed by atoms with Crippen molar-refractivity contribution >= 4 is 23.1 Å². The third-order valence-electron chi connectivity index (χ3n) is 5.88. The number of rotatable bonds is 4. The molecule has 5 heteroatoms. The van der Waals surface area contributed by atoms with Crippen LogP contribution in [0.5, 0.6) is 5.75 Å². The summed E-state index contributed by atoms with van der Waals surface area (Å²) in [5.41, 5.74) is 4.54. The molecule has 3 aromatic carbocycles. The van der Waals surface area contributed by atoms with E-state index in [1.165, 1.54) is 4.90 Å². The number of carbonyl (C=O) groups is 2. The second-order valence-corrected chi connectivity index (χ2v) is 8.05. The Kier molecular flexibility index (Phi) is 5.57. The number of anilines is 1. The van der Waals surface area contributed by atoms with Crippen molar-refractivity contribution in [1.82, 2.24) is 0 Å². The van der Waals surface area contributed by atoms with Gasteiger partial charge < -0.3 is 9.84 Å². The van der Waals surface area contributed by atoms with Crippen molar-refractivity contribution in [3.8, 4) is 5.75 Å². The molecule has 1 aliphatic rings. The number of hydrogen-bond acceptors (Lipinski definition) is 4. The first-order chi connectivity index (χ1) is 15.3. The van der Waals surface area contributed by atoms with E-state index >= 15 is 0 Å². The minimum atomic E-state index is -0.786. The fourth-order valence-electron chi connectivity index (χ4n) is 4.18. The molecule has 0 aromatic heterocycles. The number of ketones is 1. The predicted molar refractivity (Wildman–Crippen MR) is 125 cm³/mol. The summed E-state index contributed by atoms with van der Waals surface area (Å²) in [5, 5.41) is 11.4. The van der Waals surface area contributed by atoms with Gasteiger partial charge in [0.25, 0.3) is 11.7 Å². The van der Waals surface area contributed by atoms with E-state index < -0.39 is 17.7 Å². The van der Waals surface area contributed by atoms with Crippen molar-refractivity contribution in [2.75, 3.05) is 12.0 Å². The number of benzene rings is 3. The van der Waals surface area contributed by atoms with Gasteiger partial charge in [-0.1, -0.05) is 48.0 Å². The molecule has 1 atom stereocenters. The Morgan fingerprint density at radius 1 is 0.906 bits per heavy atom. The molecule has 1 fully saturated rings. The summed E-state index contributed by atoms with van der Waals surface area (Å²) < 4.78 is 5.38. The van der Waals surface area contributed by atoms with Gasteiger partial charge in [-0.15, -0.1) is 0 Å². The highest BCUT2D eigenvalue weighted by molar-refractivity contribution is 6.51. The highest BCUT2D eigenvalue weighted by Gasteiger charge is 2.47. The first kappa shape index (κ1) is 21.4. The van der Waals surface area contributed by atoms with Gasteiger partial charge in [-0.25, -0.2) is 0 Å². The summed E-state index contributed by atoms with van der Waals surface area (Å²) in [6, 6.07) is 19.5. The number of methoxy groups -OCH3 is 1. The monoisotopic (exact) mass is 427 g/mol. The van der Waals surface area contributed by atoms with Gasteiger partial charge in [-0.2, -0.15) is 0 Å². The van der Waals surface area contributed by atoms with Crippen LogP contribution in [-0.4, -0.2) is 23.9 Å². The molecular weight excluding hydrogens is 402 g/mol. The lowest BCUT2D eigenvalue weighted by Gasteiger charge is -2.27. The van der Waals surface area contributed by atoms with Crippen LogP contribution in [0.3, 0.4) is 0 Å². The zero-order valence-corrected chi connectivity index (χ0v) is 18.5. The predicted octanol–water partition coefficient (Wildman–Crippen LogP) is 5.25. The molecule has 1 unspecified atom stereocenters. The fourth-order valence-corrected chi connectivity index (χ4v) is 4.18. The maximum atomic E-state index is 13.3. The van der Waals surface area contributed by atoms with Crippen molar-refractivity contribution < 1.29 is 19.4 Å². The molecule has 1 saturated heterocycles. The highest BCUT2D eigenvalue weighted by atomic mass is 16.5. The Morgan fingerprint density at radius 3 is 2.38 bits per heavy atom. The molecule has 4 rings (SSSR count). The van der Waals surface area contributed by atoms with E-state index in [4.69, 9.17) is 4.74 Å². The third-order valence-corrected chi connectivity index (χ3v) is 5.88. The second kappa shape index (κ2) is 8.35. The molecule has 1 heterocycles. The number of aliphatic hydroxyl groups excluding tert-OH is 1. The lowest BCUT2D eigenvalue weighted by atomic mass is 9.93. The van der Waals surface area contributed by atoms with E-state index in [1.807, 2.05) is 75.4 Å². The van der Waals surface area contributed by atoms with E-state index in [0.717, 1.165) is 16.7 Å². The maximum absolute atomic E-state index is 13.3. The number of para-hydroxylation sites is 1. The zero-order valence-electron chi connectivity index (χ0n) is 18.5. The average Bonchev–Trinajstić information content (AvgIpc) is 3.06. The molecule has 1 N–H and O–H groups in total. The first-order valence-corrected chi connectivity index (χ1v) is 10.4. The smallest absolute Gasteiger partial charge is 0.300 e. The van der Waals surface area contributed by atoms with Crippen molar-refractivity contribution in [3.05, 3.63) is 100 Å². The number of nitrogens with zero attached hydrogens (tertiary/aromatic N) is 1. The molecule has 0 saturated carbocycles. The number of ether oxygens (including phenoxy) is 1. The lowest BCUT2D eigenvalue weighted by molar-refractivity contribution is -0.132. The van der Waals surface area contributed by atoms with Gasteiger partial charge in [-0.3, -0.25) is 14.5 Å². The molecular formula is C27H25NO4. The Labute approximate surface area is 187 Å². The van der Waals surface area contributed by atoms with Crippen LogP contribution in [0.4, 0.5) is 5.69 Å². The molecule has 3 aromatic rings. The van der Waals surface area contributed by atoms with Crippen LogP contribution in [-0.2, 0) is 9.59 Å². The molecule has 32 heavy (non-hydrogen) atoms. The Balaban J connectivity index is 2.01. The molecule has 0 aliphatic carbocycles. The normalized spacial score (nSPS) is 17.6. The molecule has 1 aliphatic heterocycles.